The van der Waals surface area contributed by atoms with E-state index >= 15 is 0 Å². The van der Waals surface area contributed by atoms with Gasteiger partial charge in [-0.25, -0.2) is 0 Å². The number of hydrogen-bond donors (Lipinski definition) is 0. The van der Waals surface area contributed by atoms with Crippen LogP contribution in [0.25, 0.3) is 0 Å². The third-order valence-corrected chi connectivity index (χ3v) is 4.98. The summed E-state index contributed by atoms with van der Waals surface area (Å²) in [7, 11) is 7.84. The Morgan fingerprint density at radius 1 is 0.741 bits per heavy atom. The molecule has 0 amide bonds. The number of fused-ring (bicyclic) bond motifs is 1. The Kier molecular flexibility index (Phi) is 5.44. The van der Waals surface area contributed by atoms with E-state index in [0.29, 0.717) is 40.7 Å². The maximum Gasteiger partial charge on any atom is 0.203 e. The van der Waals surface area contributed by atoms with Crippen LogP contribution in [0.1, 0.15) is 33.8 Å². The highest BCUT2D eigenvalue weighted by Crippen LogP contribution is 2.44. The molecule has 0 spiro atoms. The summed E-state index contributed by atoms with van der Waals surface area (Å²) in [5.41, 5.74) is 2.48. The van der Waals surface area contributed by atoms with Gasteiger partial charge < -0.3 is 23.7 Å². The molecule has 0 bridgehead atoms. The first-order valence-electron chi connectivity index (χ1n) is 8.66. The zero-order valence-electron chi connectivity index (χ0n) is 16.3. The highest BCUT2D eigenvalue weighted by molar-refractivity contribution is 6.04. The third-order valence-electron chi connectivity index (χ3n) is 4.98. The molecular formula is C21H24O6. The molecular weight excluding hydrogens is 348 g/mol. The van der Waals surface area contributed by atoms with Crippen LogP contribution in [0.5, 0.6) is 28.7 Å². The van der Waals surface area contributed by atoms with Gasteiger partial charge in [0.2, 0.25) is 5.75 Å². The second kappa shape index (κ2) is 7.78. The number of ketones is 1. The molecule has 6 nitrogen and oxygen atoms in total. The van der Waals surface area contributed by atoms with Crippen LogP contribution >= 0.6 is 0 Å². The molecule has 144 valence electrons. The first-order valence-corrected chi connectivity index (χ1v) is 8.66. The topological polar surface area (TPSA) is 63.2 Å². The summed E-state index contributed by atoms with van der Waals surface area (Å²) in [6.45, 7) is 0. The fraction of sp³-hybridized carbons (Fsp3) is 0.381. The van der Waals surface area contributed by atoms with E-state index in [-0.39, 0.29) is 11.7 Å². The molecule has 1 atom stereocenters. The molecule has 2 aromatic rings. The average molecular weight is 372 g/mol. The van der Waals surface area contributed by atoms with Crippen LogP contribution in [0.15, 0.2) is 24.3 Å². The molecule has 0 heterocycles. The quantitative estimate of drug-likeness (QED) is 0.771. The minimum absolute atomic E-state index is 0.0477. The molecule has 1 aliphatic carbocycles. The van der Waals surface area contributed by atoms with Crippen LogP contribution in [-0.4, -0.2) is 41.3 Å². The Morgan fingerprint density at radius 2 is 1.30 bits per heavy atom. The average Bonchev–Trinajstić information content (AvgIpc) is 2.71. The summed E-state index contributed by atoms with van der Waals surface area (Å²) in [5.74, 6) is 2.54. The second-order valence-electron chi connectivity index (χ2n) is 6.28. The Balaban J connectivity index is 2.05. The van der Waals surface area contributed by atoms with E-state index in [1.807, 2.05) is 18.2 Å². The summed E-state index contributed by atoms with van der Waals surface area (Å²) < 4.78 is 26.9. The van der Waals surface area contributed by atoms with Gasteiger partial charge in [-0.2, -0.15) is 0 Å². The summed E-state index contributed by atoms with van der Waals surface area (Å²) in [6.07, 6.45) is 1.46. The summed E-state index contributed by atoms with van der Waals surface area (Å²) in [4.78, 5) is 13.2. The number of aryl methyl sites for hydroxylation is 1. The molecule has 0 aromatic heterocycles. The van der Waals surface area contributed by atoms with Crippen molar-refractivity contribution in [3.8, 4) is 28.7 Å². The lowest BCUT2D eigenvalue weighted by Crippen LogP contribution is -2.21. The predicted molar refractivity (Wildman–Crippen MR) is 101 cm³/mol. The van der Waals surface area contributed by atoms with Crippen LogP contribution in [0.2, 0.25) is 0 Å². The van der Waals surface area contributed by atoms with E-state index in [9.17, 15) is 4.79 Å². The minimum atomic E-state index is -0.288. The maximum atomic E-state index is 13.2. The minimum Gasteiger partial charge on any atom is -0.493 e. The van der Waals surface area contributed by atoms with Crippen LogP contribution in [-0.2, 0) is 6.42 Å². The lowest BCUT2D eigenvalue weighted by Gasteiger charge is -2.26. The molecule has 1 aliphatic rings. The highest BCUT2D eigenvalue weighted by atomic mass is 16.5. The number of Topliss-reactive ketones (excluding diaryl/α,β-unsaturated/α-hetero) is 1. The Hall–Kier alpha value is -2.89. The van der Waals surface area contributed by atoms with Crippen LogP contribution < -0.4 is 23.7 Å². The SMILES string of the molecule is COc1cc2c(cc1OC)C(=O)[C@H](c1cc(OC)c(OC)c(OC)c1)CC2. The fourth-order valence-corrected chi connectivity index (χ4v) is 3.60. The first-order chi connectivity index (χ1) is 13.1. The van der Waals surface area contributed by atoms with Gasteiger partial charge in [-0.15, -0.1) is 0 Å². The number of hydrogen-bond acceptors (Lipinski definition) is 6. The van der Waals surface area contributed by atoms with E-state index in [2.05, 4.69) is 0 Å². The van der Waals surface area contributed by atoms with Crippen LogP contribution in [0, 0.1) is 0 Å². The zero-order valence-corrected chi connectivity index (χ0v) is 16.3. The van der Waals surface area contributed by atoms with Gasteiger partial charge in [-0.3, -0.25) is 4.79 Å². The van der Waals surface area contributed by atoms with E-state index in [4.69, 9.17) is 23.7 Å². The number of rotatable bonds is 6. The van der Waals surface area contributed by atoms with Crippen molar-refractivity contribution in [2.24, 2.45) is 0 Å². The third kappa shape index (κ3) is 3.27. The zero-order chi connectivity index (χ0) is 19.6. The smallest absolute Gasteiger partial charge is 0.203 e. The van der Waals surface area contributed by atoms with E-state index < -0.39 is 0 Å². The molecule has 0 radical (unpaired) electrons. The molecule has 0 saturated carbocycles. The van der Waals surface area contributed by atoms with E-state index in [0.717, 1.165) is 17.5 Å². The number of ether oxygens (including phenoxy) is 5. The lowest BCUT2D eigenvalue weighted by atomic mass is 9.78. The largest absolute Gasteiger partial charge is 0.493 e. The van der Waals surface area contributed by atoms with Gasteiger partial charge in [0.05, 0.1) is 35.5 Å². The first kappa shape index (κ1) is 18.9. The number of carbonyl (C=O) groups is 1. The van der Waals surface area contributed by atoms with Gasteiger partial charge in [0.15, 0.2) is 28.8 Å². The van der Waals surface area contributed by atoms with Gasteiger partial charge >= 0.3 is 0 Å². The normalized spacial score (nSPS) is 15.7. The molecule has 2 aromatic carbocycles. The Labute approximate surface area is 158 Å². The second-order valence-corrected chi connectivity index (χ2v) is 6.28. The molecule has 27 heavy (non-hydrogen) atoms. The van der Waals surface area contributed by atoms with Gasteiger partial charge in [-0.1, -0.05) is 0 Å². The standard InChI is InChI=1S/C21H24O6/c1-23-16-8-12-6-7-14(20(22)15(12)11-17(16)24-2)13-9-18(25-3)21(27-5)19(10-13)26-4/h8-11,14H,6-7H2,1-5H3/t14-/m0/s1. The van der Waals surface area contributed by atoms with E-state index in [1.165, 1.54) is 0 Å². The molecule has 0 aliphatic heterocycles. The molecule has 0 fully saturated rings. The monoisotopic (exact) mass is 372 g/mol. The lowest BCUT2D eigenvalue weighted by molar-refractivity contribution is 0.0945. The highest BCUT2D eigenvalue weighted by Gasteiger charge is 2.31. The van der Waals surface area contributed by atoms with Crippen molar-refractivity contribution in [3.63, 3.8) is 0 Å². The van der Waals surface area contributed by atoms with Gasteiger partial charge in [0.25, 0.3) is 0 Å². The summed E-state index contributed by atoms with van der Waals surface area (Å²) >= 11 is 0. The van der Waals surface area contributed by atoms with Crippen molar-refractivity contribution in [2.75, 3.05) is 35.5 Å². The van der Waals surface area contributed by atoms with Gasteiger partial charge in [0, 0.05) is 11.5 Å². The maximum absolute atomic E-state index is 13.2. The van der Waals surface area contributed by atoms with Crippen molar-refractivity contribution in [3.05, 3.63) is 41.0 Å². The Morgan fingerprint density at radius 3 is 1.81 bits per heavy atom. The number of carbonyl (C=O) groups excluding carboxylic acids is 1. The van der Waals surface area contributed by atoms with Crippen molar-refractivity contribution < 1.29 is 28.5 Å². The van der Waals surface area contributed by atoms with E-state index in [1.54, 1.807) is 41.6 Å². The molecule has 6 heteroatoms. The molecule has 0 N–H and O–H groups in total. The van der Waals surface area contributed by atoms with Gasteiger partial charge in [0.1, 0.15) is 0 Å². The summed E-state index contributed by atoms with van der Waals surface area (Å²) in [5, 5.41) is 0. The number of methoxy groups -OCH3 is 5. The molecule has 0 saturated heterocycles. The fourth-order valence-electron chi connectivity index (χ4n) is 3.60. The molecule has 3 rings (SSSR count). The predicted octanol–water partition coefficient (Wildman–Crippen LogP) is 3.64. The Bertz CT molecular complexity index is 833. The van der Waals surface area contributed by atoms with Crippen molar-refractivity contribution in [1.82, 2.24) is 0 Å². The van der Waals surface area contributed by atoms with Crippen LogP contribution in [0.4, 0.5) is 0 Å². The van der Waals surface area contributed by atoms with Crippen molar-refractivity contribution in [1.29, 1.82) is 0 Å². The van der Waals surface area contributed by atoms with Crippen molar-refractivity contribution in [2.45, 2.75) is 18.8 Å². The number of benzene rings is 2. The molecule has 0 unspecified atom stereocenters. The summed E-state index contributed by atoms with van der Waals surface area (Å²) in [6, 6.07) is 7.34. The van der Waals surface area contributed by atoms with Gasteiger partial charge in [-0.05, 0) is 48.2 Å². The van der Waals surface area contributed by atoms with Crippen LogP contribution in [0.3, 0.4) is 0 Å². The van der Waals surface area contributed by atoms with Crippen molar-refractivity contribution >= 4 is 5.78 Å².